The van der Waals surface area contributed by atoms with Crippen molar-refractivity contribution in [2.24, 2.45) is 0 Å². The van der Waals surface area contributed by atoms with Crippen LogP contribution in [0.15, 0.2) is 12.1 Å². The molecule has 1 fully saturated rings. The van der Waals surface area contributed by atoms with E-state index in [1.165, 1.54) is 6.07 Å². The van der Waals surface area contributed by atoms with Crippen LogP contribution in [0.3, 0.4) is 0 Å². The molecule has 1 aromatic rings. The number of aryl methyl sites for hydroxylation is 1. The van der Waals surface area contributed by atoms with Crippen LogP contribution in [0.4, 0.5) is 0 Å². The Morgan fingerprint density at radius 2 is 2.37 bits per heavy atom. The van der Waals surface area contributed by atoms with E-state index in [4.69, 9.17) is 5.26 Å². The molecule has 0 aromatic carbocycles. The maximum Gasteiger partial charge on any atom is 0.270 e. The summed E-state index contributed by atoms with van der Waals surface area (Å²) in [6.45, 7) is 2.13. The molecular formula is C13H14N4O2. The SMILES string of the molecule is Cc1nc(C(=O)NC2CCC(=O)NC2)ccc1C#N. The van der Waals surface area contributed by atoms with Gasteiger partial charge in [0.25, 0.3) is 5.91 Å². The number of aromatic nitrogens is 1. The van der Waals surface area contributed by atoms with Gasteiger partial charge in [0.05, 0.1) is 11.3 Å². The van der Waals surface area contributed by atoms with Gasteiger partial charge in [-0.15, -0.1) is 0 Å². The maximum absolute atomic E-state index is 12.0. The fraction of sp³-hybridized carbons (Fsp3) is 0.385. The molecule has 2 amide bonds. The van der Waals surface area contributed by atoms with Crippen molar-refractivity contribution in [3.05, 3.63) is 29.1 Å². The number of nitrogens with zero attached hydrogens (tertiary/aromatic N) is 2. The Morgan fingerprint density at radius 3 is 2.95 bits per heavy atom. The Kier molecular flexibility index (Phi) is 3.76. The van der Waals surface area contributed by atoms with Gasteiger partial charge in [-0.2, -0.15) is 5.26 Å². The summed E-state index contributed by atoms with van der Waals surface area (Å²) in [5, 5.41) is 14.3. The molecule has 0 radical (unpaired) electrons. The Morgan fingerprint density at radius 1 is 1.58 bits per heavy atom. The first-order chi connectivity index (χ1) is 9.10. The predicted molar refractivity (Wildman–Crippen MR) is 67.2 cm³/mol. The molecule has 19 heavy (non-hydrogen) atoms. The summed E-state index contributed by atoms with van der Waals surface area (Å²) >= 11 is 0. The van der Waals surface area contributed by atoms with E-state index in [9.17, 15) is 9.59 Å². The minimum absolute atomic E-state index is 0.0119. The first-order valence-corrected chi connectivity index (χ1v) is 6.05. The Labute approximate surface area is 110 Å². The number of carbonyl (C=O) groups is 2. The molecule has 1 saturated heterocycles. The van der Waals surface area contributed by atoms with Gasteiger partial charge in [0.2, 0.25) is 5.91 Å². The molecule has 1 unspecified atom stereocenters. The normalized spacial score (nSPS) is 18.3. The third-order valence-corrected chi connectivity index (χ3v) is 3.04. The van der Waals surface area contributed by atoms with Crippen LogP contribution in [-0.4, -0.2) is 29.4 Å². The van der Waals surface area contributed by atoms with Crippen LogP contribution >= 0.6 is 0 Å². The third-order valence-electron chi connectivity index (χ3n) is 3.04. The van der Waals surface area contributed by atoms with Crippen molar-refractivity contribution in [1.29, 1.82) is 5.26 Å². The number of piperidine rings is 1. The molecule has 0 aliphatic carbocycles. The topological polar surface area (TPSA) is 94.9 Å². The first-order valence-electron chi connectivity index (χ1n) is 6.05. The van der Waals surface area contributed by atoms with E-state index in [0.717, 1.165) is 0 Å². The van der Waals surface area contributed by atoms with Crippen molar-refractivity contribution < 1.29 is 9.59 Å². The van der Waals surface area contributed by atoms with Crippen molar-refractivity contribution in [3.63, 3.8) is 0 Å². The lowest BCUT2D eigenvalue weighted by molar-refractivity contribution is -0.122. The van der Waals surface area contributed by atoms with Crippen LogP contribution in [0.1, 0.15) is 34.6 Å². The first kappa shape index (κ1) is 13.0. The molecule has 2 heterocycles. The molecule has 1 aliphatic rings. The number of amides is 2. The number of hydrogen-bond donors (Lipinski definition) is 2. The standard InChI is InChI=1S/C13H14N4O2/c1-8-9(6-14)2-4-11(16-8)13(19)17-10-3-5-12(18)15-7-10/h2,4,10H,3,5,7H2,1H3,(H,15,18)(H,17,19). The zero-order valence-corrected chi connectivity index (χ0v) is 10.6. The molecule has 0 bridgehead atoms. The number of hydrogen-bond acceptors (Lipinski definition) is 4. The fourth-order valence-electron chi connectivity index (χ4n) is 1.92. The number of pyridine rings is 1. The summed E-state index contributed by atoms with van der Waals surface area (Å²) in [6.07, 6.45) is 1.05. The third kappa shape index (κ3) is 3.07. The van der Waals surface area contributed by atoms with Crippen LogP contribution in [0.2, 0.25) is 0 Å². The van der Waals surface area contributed by atoms with Gasteiger partial charge in [-0.05, 0) is 25.5 Å². The summed E-state index contributed by atoms with van der Waals surface area (Å²) in [6, 6.07) is 5.05. The van der Waals surface area contributed by atoms with E-state index < -0.39 is 0 Å². The number of rotatable bonds is 2. The lowest BCUT2D eigenvalue weighted by Gasteiger charge is -2.23. The van der Waals surface area contributed by atoms with Crippen molar-refractivity contribution in [3.8, 4) is 6.07 Å². The second kappa shape index (κ2) is 5.48. The van der Waals surface area contributed by atoms with Crippen LogP contribution < -0.4 is 10.6 Å². The van der Waals surface area contributed by atoms with Gasteiger partial charge in [0.15, 0.2) is 0 Å². The Hall–Kier alpha value is -2.42. The summed E-state index contributed by atoms with van der Waals surface area (Å²) < 4.78 is 0. The lowest BCUT2D eigenvalue weighted by atomic mass is 10.1. The molecule has 1 aromatic heterocycles. The minimum atomic E-state index is -0.284. The summed E-state index contributed by atoms with van der Waals surface area (Å²) in [4.78, 5) is 27.1. The maximum atomic E-state index is 12.0. The average Bonchev–Trinajstić information content (AvgIpc) is 2.41. The van der Waals surface area contributed by atoms with Crippen LogP contribution in [0, 0.1) is 18.3 Å². The van der Waals surface area contributed by atoms with Gasteiger partial charge < -0.3 is 10.6 Å². The van der Waals surface area contributed by atoms with Crippen LogP contribution in [0.5, 0.6) is 0 Å². The van der Waals surface area contributed by atoms with E-state index in [2.05, 4.69) is 15.6 Å². The van der Waals surface area contributed by atoms with Crippen molar-refractivity contribution >= 4 is 11.8 Å². The van der Waals surface area contributed by atoms with Gasteiger partial charge in [-0.1, -0.05) is 0 Å². The van der Waals surface area contributed by atoms with Crippen molar-refractivity contribution in [2.45, 2.75) is 25.8 Å². The van der Waals surface area contributed by atoms with Crippen molar-refractivity contribution in [1.82, 2.24) is 15.6 Å². The van der Waals surface area contributed by atoms with Gasteiger partial charge in [-0.25, -0.2) is 4.98 Å². The van der Waals surface area contributed by atoms with Crippen LogP contribution in [-0.2, 0) is 4.79 Å². The zero-order chi connectivity index (χ0) is 13.8. The zero-order valence-electron chi connectivity index (χ0n) is 10.6. The molecule has 2 rings (SSSR count). The molecule has 6 nitrogen and oxygen atoms in total. The number of carbonyl (C=O) groups excluding carboxylic acids is 2. The van der Waals surface area contributed by atoms with E-state index in [-0.39, 0.29) is 23.6 Å². The van der Waals surface area contributed by atoms with Crippen molar-refractivity contribution in [2.75, 3.05) is 6.54 Å². The molecule has 0 spiro atoms. The minimum Gasteiger partial charge on any atom is -0.354 e. The van der Waals surface area contributed by atoms with E-state index >= 15 is 0 Å². The van der Waals surface area contributed by atoms with Crippen LogP contribution in [0.25, 0.3) is 0 Å². The predicted octanol–water partition coefficient (Wildman–Crippen LogP) is 0.270. The quantitative estimate of drug-likeness (QED) is 0.796. The molecular weight excluding hydrogens is 244 g/mol. The second-order valence-electron chi connectivity index (χ2n) is 4.45. The monoisotopic (exact) mass is 258 g/mol. The smallest absolute Gasteiger partial charge is 0.270 e. The molecule has 6 heteroatoms. The average molecular weight is 258 g/mol. The summed E-state index contributed by atoms with van der Waals surface area (Å²) in [7, 11) is 0. The summed E-state index contributed by atoms with van der Waals surface area (Å²) in [5.74, 6) is -0.272. The second-order valence-corrected chi connectivity index (χ2v) is 4.45. The molecule has 1 aliphatic heterocycles. The number of nitriles is 1. The molecule has 0 saturated carbocycles. The Bertz CT molecular complexity index is 552. The molecule has 2 N–H and O–H groups in total. The van der Waals surface area contributed by atoms with Gasteiger partial charge in [0, 0.05) is 19.0 Å². The fourth-order valence-corrected chi connectivity index (χ4v) is 1.92. The molecule has 1 atom stereocenters. The lowest BCUT2D eigenvalue weighted by Crippen LogP contribution is -2.47. The highest BCUT2D eigenvalue weighted by Crippen LogP contribution is 2.07. The highest BCUT2D eigenvalue weighted by Gasteiger charge is 2.20. The van der Waals surface area contributed by atoms with Gasteiger partial charge >= 0.3 is 0 Å². The highest BCUT2D eigenvalue weighted by molar-refractivity contribution is 5.92. The molecule has 98 valence electrons. The van der Waals surface area contributed by atoms with E-state index in [1.807, 2.05) is 6.07 Å². The highest BCUT2D eigenvalue weighted by atomic mass is 16.2. The van der Waals surface area contributed by atoms with E-state index in [0.29, 0.717) is 30.6 Å². The van der Waals surface area contributed by atoms with Gasteiger partial charge in [-0.3, -0.25) is 9.59 Å². The largest absolute Gasteiger partial charge is 0.354 e. The summed E-state index contributed by atoms with van der Waals surface area (Å²) in [5.41, 5.74) is 1.28. The van der Waals surface area contributed by atoms with E-state index in [1.54, 1.807) is 13.0 Å². The number of nitrogens with one attached hydrogen (secondary N) is 2. The Balaban J connectivity index is 2.02. The van der Waals surface area contributed by atoms with Gasteiger partial charge in [0.1, 0.15) is 11.8 Å².